The van der Waals surface area contributed by atoms with Crippen LogP contribution in [0.4, 0.5) is 10.6 Å². The number of benzene rings is 1. The number of urea groups is 1. The number of anilines is 1. The smallest absolute Gasteiger partial charge is 0.322 e. The van der Waals surface area contributed by atoms with E-state index in [1.807, 2.05) is 12.1 Å². The molecule has 0 saturated carbocycles. The molecular formula is C25H35N7O2. The van der Waals surface area contributed by atoms with Crippen LogP contribution in [0.2, 0.25) is 0 Å². The average molecular weight is 466 g/mol. The van der Waals surface area contributed by atoms with Gasteiger partial charge in [0.15, 0.2) is 0 Å². The van der Waals surface area contributed by atoms with Gasteiger partial charge in [-0.15, -0.1) is 0 Å². The number of amides is 2. The number of piperazine rings is 1. The first-order chi connectivity index (χ1) is 16.7. The second-order valence-electron chi connectivity index (χ2n) is 9.66. The van der Waals surface area contributed by atoms with Crippen LogP contribution in [0, 0.1) is 11.8 Å². The Kier molecular flexibility index (Phi) is 7.22. The number of carbonyl (C=O) groups is 1. The van der Waals surface area contributed by atoms with Gasteiger partial charge < -0.3 is 20.4 Å². The summed E-state index contributed by atoms with van der Waals surface area (Å²) in [6.45, 7) is 8.76. The lowest BCUT2D eigenvalue weighted by atomic mass is 9.80. The molecule has 4 heterocycles. The second-order valence-corrected chi connectivity index (χ2v) is 9.66. The van der Waals surface area contributed by atoms with E-state index in [2.05, 4.69) is 38.0 Å². The molecule has 1 aromatic heterocycles. The molecule has 0 unspecified atom stereocenters. The molecule has 0 aliphatic carbocycles. The first-order valence-electron chi connectivity index (χ1n) is 12.5. The Morgan fingerprint density at radius 1 is 0.971 bits per heavy atom. The topological polar surface area (TPSA) is 94.5 Å². The van der Waals surface area contributed by atoms with Crippen LogP contribution in [0.5, 0.6) is 0 Å². The van der Waals surface area contributed by atoms with Crippen molar-refractivity contribution >= 4 is 11.8 Å². The number of carbonyl (C=O) groups excluding carboxylic acids is 1. The summed E-state index contributed by atoms with van der Waals surface area (Å²) in [5.74, 6) is 2.07. The number of hydrogen-bond donors (Lipinski definition) is 3. The summed E-state index contributed by atoms with van der Waals surface area (Å²) in [6, 6.07) is 9.55. The molecule has 2 amide bonds. The number of aromatic nitrogens is 2. The maximum Gasteiger partial charge on any atom is 0.354 e. The predicted molar refractivity (Wildman–Crippen MR) is 133 cm³/mol. The molecule has 9 nitrogen and oxygen atoms in total. The highest BCUT2D eigenvalue weighted by molar-refractivity contribution is 5.88. The third-order valence-corrected chi connectivity index (χ3v) is 7.41. The van der Waals surface area contributed by atoms with E-state index in [1.165, 1.54) is 49.2 Å². The highest BCUT2D eigenvalue weighted by Crippen LogP contribution is 2.30. The van der Waals surface area contributed by atoms with Gasteiger partial charge in [0, 0.05) is 52.0 Å². The van der Waals surface area contributed by atoms with Gasteiger partial charge in [-0.3, -0.25) is 9.88 Å². The Morgan fingerprint density at radius 3 is 2.38 bits per heavy atom. The fourth-order valence-electron chi connectivity index (χ4n) is 5.24. The Bertz CT molecular complexity index is 1020. The van der Waals surface area contributed by atoms with Crippen molar-refractivity contribution in [3.05, 3.63) is 52.6 Å². The van der Waals surface area contributed by atoms with Crippen LogP contribution in [0.15, 0.2) is 41.3 Å². The fourth-order valence-corrected chi connectivity index (χ4v) is 5.24. The van der Waals surface area contributed by atoms with Crippen molar-refractivity contribution in [2.75, 3.05) is 64.2 Å². The molecule has 3 N–H and O–H groups in total. The molecule has 0 radical (unpaired) electrons. The van der Waals surface area contributed by atoms with E-state index < -0.39 is 5.69 Å². The molecule has 0 bridgehead atoms. The monoisotopic (exact) mass is 465 g/mol. The van der Waals surface area contributed by atoms with Crippen LogP contribution in [0.1, 0.15) is 18.4 Å². The summed E-state index contributed by atoms with van der Waals surface area (Å²) < 4.78 is 1.50. The standard InChI is InChI=1S/C25H35N7O2/c33-24(31-15-11-27-12-16-31)28-23-8-14-32(25(34)29-23)22-3-1-19(2-4-22)7-13-30-17-21(18-30)20-5-9-26-10-6-20/h1-4,8,14,20-21,26-27H,5-7,9-13,15-18H2,(H,28,29,33,34). The summed E-state index contributed by atoms with van der Waals surface area (Å²) in [6.07, 6.45) is 5.34. The van der Waals surface area contributed by atoms with Crippen LogP contribution in [-0.2, 0) is 6.42 Å². The molecule has 0 atom stereocenters. The Balaban J connectivity index is 1.11. The lowest BCUT2D eigenvalue weighted by molar-refractivity contribution is 0.0465. The molecular weight excluding hydrogens is 430 g/mol. The van der Waals surface area contributed by atoms with E-state index in [0.29, 0.717) is 13.1 Å². The van der Waals surface area contributed by atoms with Gasteiger partial charge in [0.2, 0.25) is 0 Å². The van der Waals surface area contributed by atoms with Crippen LogP contribution in [0.25, 0.3) is 5.69 Å². The molecule has 3 aliphatic rings. The number of nitrogens with one attached hydrogen (secondary N) is 3. The summed E-state index contributed by atoms with van der Waals surface area (Å²) in [5, 5.41) is 9.40. The largest absolute Gasteiger partial charge is 0.354 e. The quantitative estimate of drug-likeness (QED) is 0.593. The van der Waals surface area contributed by atoms with Crippen molar-refractivity contribution < 1.29 is 4.79 Å². The SMILES string of the molecule is O=C(Nc1ccn(-c2ccc(CCN3CC(C4CCNCC4)C3)cc2)c(=O)n1)N1CCNCC1. The summed E-state index contributed by atoms with van der Waals surface area (Å²) in [7, 11) is 0. The van der Waals surface area contributed by atoms with Gasteiger partial charge in [-0.1, -0.05) is 12.1 Å². The van der Waals surface area contributed by atoms with Crippen LogP contribution in [-0.4, -0.2) is 84.3 Å². The summed E-state index contributed by atoms with van der Waals surface area (Å²) in [4.78, 5) is 33.2. The normalized spacial score (nSPS) is 20.2. The second kappa shape index (κ2) is 10.7. The number of nitrogens with zero attached hydrogens (tertiary/aromatic N) is 4. The van der Waals surface area contributed by atoms with Gasteiger partial charge in [0.05, 0.1) is 5.69 Å². The van der Waals surface area contributed by atoms with Crippen LogP contribution in [0.3, 0.4) is 0 Å². The van der Waals surface area contributed by atoms with E-state index in [4.69, 9.17) is 0 Å². The molecule has 9 heteroatoms. The van der Waals surface area contributed by atoms with Crippen molar-refractivity contribution in [2.45, 2.75) is 19.3 Å². The Labute approximate surface area is 200 Å². The molecule has 5 rings (SSSR count). The van der Waals surface area contributed by atoms with Crippen LogP contribution >= 0.6 is 0 Å². The summed E-state index contributed by atoms with van der Waals surface area (Å²) >= 11 is 0. The Morgan fingerprint density at radius 2 is 1.68 bits per heavy atom. The molecule has 3 saturated heterocycles. The van der Waals surface area contributed by atoms with Gasteiger partial charge in [-0.05, 0) is 68.0 Å². The van der Waals surface area contributed by atoms with Gasteiger partial charge in [0.1, 0.15) is 5.82 Å². The van der Waals surface area contributed by atoms with Crippen molar-refractivity contribution in [3.63, 3.8) is 0 Å². The van der Waals surface area contributed by atoms with Crippen molar-refractivity contribution in [2.24, 2.45) is 11.8 Å². The van der Waals surface area contributed by atoms with E-state index in [0.717, 1.165) is 43.6 Å². The Hall–Kier alpha value is -2.75. The maximum atomic E-state index is 12.6. The zero-order valence-electron chi connectivity index (χ0n) is 19.7. The zero-order chi connectivity index (χ0) is 23.3. The van der Waals surface area contributed by atoms with E-state index in [-0.39, 0.29) is 11.8 Å². The first-order valence-corrected chi connectivity index (χ1v) is 12.5. The predicted octanol–water partition coefficient (Wildman–Crippen LogP) is 1.14. The third-order valence-electron chi connectivity index (χ3n) is 7.41. The number of likely N-dealkylation sites (tertiary alicyclic amines) is 1. The molecule has 34 heavy (non-hydrogen) atoms. The molecule has 3 aliphatic heterocycles. The van der Waals surface area contributed by atoms with E-state index in [9.17, 15) is 9.59 Å². The number of rotatable bonds is 6. The third kappa shape index (κ3) is 5.48. The lowest BCUT2D eigenvalue weighted by Crippen LogP contribution is -2.52. The number of hydrogen-bond acceptors (Lipinski definition) is 6. The average Bonchev–Trinajstić information content (AvgIpc) is 2.85. The highest BCUT2D eigenvalue weighted by atomic mass is 16.2. The first kappa shape index (κ1) is 23.0. The highest BCUT2D eigenvalue weighted by Gasteiger charge is 2.33. The van der Waals surface area contributed by atoms with E-state index >= 15 is 0 Å². The zero-order valence-corrected chi connectivity index (χ0v) is 19.7. The number of piperidine rings is 1. The van der Waals surface area contributed by atoms with Crippen molar-refractivity contribution in [3.8, 4) is 5.69 Å². The van der Waals surface area contributed by atoms with Crippen LogP contribution < -0.4 is 21.6 Å². The minimum atomic E-state index is -0.407. The minimum Gasteiger partial charge on any atom is -0.322 e. The lowest BCUT2D eigenvalue weighted by Gasteiger charge is -2.45. The maximum absolute atomic E-state index is 12.6. The molecule has 182 valence electrons. The minimum absolute atomic E-state index is 0.222. The van der Waals surface area contributed by atoms with Gasteiger partial charge >= 0.3 is 11.7 Å². The van der Waals surface area contributed by atoms with E-state index in [1.54, 1.807) is 17.2 Å². The fraction of sp³-hybridized carbons (Fsp3) is 0.560. The van der Waals surface area contributed by atoms with Gasteiger partial charge in [-0.25, -0.2) is 9.59 Å². The molecule has 3 fully saturated rings. The van der Waals surface area contributed by atoms with Crippen molar-refractivity contribution in [1.82, 2.24) is 30.0 Å². The molecule has 2 aromatic rings. The van der Waals surface area contributed by atoms with Crippen molar-refractivity contribution in [1.29, 1.82) is 0 Å². The summed E-state index contributed by atoms with van der Waals surface area (Å²) in [5.41, 5.74) is 1.64. The van der Waals surface area contributed by atoms with Gasteiger partial charge in [0.25, 0.3) is 0 Å². The molecule has 1 aromatic carbocycles. The van der Waals surface area contributed by atoms with Gasteiger partial charge in [-0.2, -0.15) is 4.98 Å². The molecule has 0 spiro atoms.